The molecule has 1 aromatic heterocycles. The highest BCUT2D eigenvalue weighted by atomic mass is 16.1. The lowest BCUT2D eigenvalue weighted by Gasteiger charge is -2.13. The second-order valence-corrected chi connectivity index (χ2v) is 5.67. The predicted octanol–water partition coefficient (Wildman–Crippen LogP) is 4.59. The summed E-state index contributed by atoms with van der Waals surface area (Å²) in [6.45, 7) is 5.31. The molecule has 3 rings (SSSR count). The first kappa shape index (κ1) is 14.9. The van der Waals surface area contributed by atoms with Crippen molar-refractivity contribution in [1.82, 2.24) is 4.98 Å². The Hall–Kier alpha value is -2.99. The Labute approximate surface area is 135 Å². The second kappa shape index (κ2) is 5.66. The zero-order valence-electron chi connectivity index (χ0n) is 13.3. The number of nitriles is 1. The van der Waals surface area contributed by atoms with Crippen molar-refractivity contribution in [2.45, 2.75) is 20.8 Å². The molecule has 0 radical (unpaired) electrons. The number of hydrogen-bond acceptors (Lipinski definition) is 3. The van der Waals surface area contributed by atoms with Gasteiger partial charge in [0.05, 0.1) is 11.1 Å². The van der Waals surface area contributed by atoms with Crippen molar-refractivity contribution in [3.05, 3.63) is 64.8 Å². The third kappa shape index (κ3) is 2.49. The standard InChI is InChI=1S/C20H16N2O/c1-12-9-17(14(3)23)18-10-16(15-7-5-4-6-8-15)13(2)19(11-21)20(18)22-12/h4-10H,1-3H3. The minimum atomic E-state index is -0.0211. The van der Waals surface area contributed by atoms with E-state index in [9.17, 15) is 10.1 Å². The molecule has 0 saturated carbocycles. The molecule has 0 amide bonds. The molecule has 112 valence electrons. The van der Waals surface area contributed by atoms with Gasteiger partial charge in [-0.25, -0.2) is 0 Å². The van der Waals surface area contributed by atoms with Gasteiger partial charge in [0.15, 0.2) is 5.78 Å². The minimum Gasteiger partial charge on any atom is -0.294 e. The van der Waals surface area contributed by atoms with E-state index in [1.54, 1.807) is 13.0 Å². The third-order valence-electron chi connectivity index (χ3n) is 4.07. The van der Waals surface area contributed by atoms with Gasteiger partial charge >= 0.3 is 0 Å². The number of nitrogens with zero attached hydrogens (tertiary/aromatic N) is 2. The summed E-state index contributed by atoms with van der Waals surface area (Å²) in [5.41, 5.74) is 5.37. The maximum absolute atomic E-state index is 12.0. The number of ketones is 1. The first-order valence-corrected chi connectivity index (χ1v) is 7.44. The van der Waals surface area contributed by atoms with Crippen LogP contribution in [0.15, 0.2) is 42.5 Å². The smallest absolute Gasteiger partial charge is 0.160 e. The first-order valence-electron chi connectivity index (χ1n) is 7.44. The summed E-state index contributed by atoms with van der Waals surface area (Å²) in [5.74, 6) is -0.0211. The summed E-state index contributed by atoms with van der Waals surface area (Å²) in [4.78, 5) is 16.5. The summed E-state index contributed by atoms with van der Waals surface area (Å²) in [5, 5.41) is 10.4. The van der Waals surface area contributed by atoms with Gasteiger partial charge in [-0.05, 0) is 49.6 Å². The van der Waals surface area contributed by atoms with Crippen molar-refractivity contribution < 1.29 is 4.79 Å². The molecule has 0 aliphatic heterocycles. The van der Waals surface area contributed by atoms with E-state index in [0.717, 1.165) is 27.8 Å². The Morgan fingerprint density at radius 2 is 1.83 bits per heavy atom. The van der Waals surface area contributed by atoms with E-state index in [1.807, 2.05) is 50.2 Å². The molecule has 0 bridgehead atoms. The van der Waals surface area contributed by atoms with Crippen LogP contribution in [0.25, 0.3) is 22.0 Å². The molecule has 0 fully saturated rings. The molecule has 0 unspecified atom stereocenters. The Morgan fingerprint density at radius 1 is 1.13 bits per heavy atom. The number of aryl methyl sites for hydroxylation is 1. The van der Waals surface area contributed by atoms with Crippen LogP contribution >= 0.6 is 0 Å². The van der Waals surface area contributed by atoms with Crippen LogP contribution in [0.4, 0.5) is 0 Å². The average molecular weight is 300 g/mol. The lowest BCUT2D eigenvalue weighted by Crippen LogP contribution is -2.01. The van der Waals surface area contributed by atoms with E-state index in [1.165, 1.54) is 0 Å². The van der Waals surface area contributed by atoms with Gasteiger partial charge in [0, 0.05) is 16.6 Å². The van der Waals surface area contributed by atoms with Crippen molar-refractivity contribution in [2.24, 2.45) is 0 Å². The lowest BCUT2D eigenvalue weighted by atomic mass is 9.91. The summed E-state index contributed by atoms with van der Waals surface area (Å²) >= 11 is 0. The van der Waals surface area contributed by atoms with Crippen LogP contribution in [-0.4, -0.2) is 10.8 Å². The molecular formula is C20H16N2O. The number of rotatable bonds is 2. The molecule has 0 N–H and O–H groups in total. The quantitative estimate of drug-likeness (QED) is 0.650. The molecule has 0 aliphatic rings. The van der Waals surface area contributed by atoms with Gasteiger partial charge in [-0.3, -0.25) is 9.78 Å². The second-order valence-electron chi connectivity index (χ2n) is 5.67. The van der Waals surface area contributed by atoms with Crippen molar-refractivity contribution in [3.8, 4) is 17.2 Å². The number of carbonyl (C=O) groups excluding carboxylic acids is 1. The molecule has 0 saturated heterocycles. The molecule has 3 aromatic rings. The van der Waals surface area contributed by atoms with Crippen LogP contribution in [0.3, 0.4) is 0 Å². The van der Waals surface area contributed by atoms with Crippen LogP contribution in [0.1, 0.15) is 34.1 Å². The molecule has 0 aliphatic carbocycles. The maximum atomic E-state index is 12.0. The zero-order valence-corrected chi connectivity index (χ0v) is 13.3. The van der Waals surface area contributed by atoms with E-state index in [-0.39, 0.29) is 5.78 Å². The topological polar surface area (TPSA) is 53.8 Å². The Morgan fingerprint density at radius 3 is 2.43 bits per heavy atom. The van der Waals surface area contributed by atoms with Gasteiger partial charge in [-0.2, -0.15) is 5.26 Å². The number of Topliss-reactive ketones (excluding diaryl/α,β-unsaturated/α-hetero) is 1. The largest absolute Gasteiger partial charge is 0.294 e. The molecule has 3 heteroatoms. The number of carbonyl (C=O) groups is 1. The zero-order chi connectivity index (χ0) is 16.6. The Kier molecular flexibility index (Phi) is 3.67. The number of hydrogen-bond donors (Lipinski definition) is 0. The van der Waals surface area contributed by atoms with Gasteiger partial charge in [0.2, 0.25) is 0 Å². The van der Waals surface area contributed by atoms with Gasteiger partial charge < -0.3 is 0 Å². The van der Waals surface area contributed by atoms with E-state index in [2.05, 4.69) is 11.1 Å². The number of fused-ring (bicyclic) bond motifs is 1. The van der Waals surface area contributed by atoms with E-state index in [0.29, 0.717) is 16.6 Å². The fraction of sp³-hybridized carbons (Fsp3) is 0.150. The lowest BCUT2D eigenvalue weighted by molar-refractivity contribution is 0.101. The maximum Gasteiger partial charge on any atom is 0.160 e. The molecule has 0 spiro atoms. The third-order valence-corrected chi connectivity index (χ3v) is 4.07. The van der Waals surface area contributed by atoms with Crippen molar-refractivity contribution in [3.63, 3.8) is 0 Å². The van der Waals surface area contributed by atoms with Crippen LogP contribution < -0.4 is 0 Å². The molecule has 2 aromatic carbocycles. The van der Waals surface area contributed by atoms with E-state index in [4.69, 9.17) is 0 Å². The van der Waals surface area contributed by atoms with Gasteiger partial charge in [0.1, 0.15) is 6.07 Å². The molecule has 23 heavy (non-hydrogen) atoms. The van der Waals surface area contributed by atoms with Gasteiger partial charge in [0.25, 0.3) is 0 Å². The molecule has 3 nitrogen and oxygen atoms in total. The normalized spacial score (nSPS) is 10.5. The first-order chi connectivity index (χ1) is 11.0. The van der Waals surface area contributed by atoms with Crippen LogP contribution in [0.2, 0.25) is 0 Å². The summed E-state index contributed by atoms with van der Waals surface area (Å²) in [7, 11) is 0. The Bertz CT molecular complexity index is 967. The summed E-state index contributed by atoms with van der Waals surface area (Å²) in [6.07, 6.45) is 0. The monoisotopic (exact) mass is 300 g/mol. The van der Waals surface area contributed by atoms with Crippen molar-refractivity contribution in [1.29, 1.82) is 5.26 Å². The highest BCUT2D eigenvalue weighted by molar-refractivity contribution is 6.08. The van der Waals surface area contributed by atoms with Gasteiger partial charge in [-0.1, -0.05) is 30.3 Å². The molecule has 0 atom stereocenters. The average Bonchev–Trinajstić information content (AvgIpc) is 2.54. The Balaban J connectivity index is 2.48. The highest BCUT2D eigenvalue weighted by Gasteiger charge is 2.17. The summed E-state index contributed by atoms with van der Waals surface area (Å²) < 4.78 is 0. The van der Waals surface area contributed by atoms with Crippen LogP contribution in [0.5, 0.6) is 0 Å². The SMILES string of the molecule is CC(=O)c1cc(C)nc2c(C#N)c(C)c(-c3ccccc3)cc12. The number of pyridine rings is 1. The minimum absolute atomic E-state index is 0.0211. The van der Waals surface area contributed by atoms with E-state index < -0.39 is 0 Å². The summed E-state index contributed by atoms with van der Waals surface area (Å²) in [6, 6.07) is 15.9. The van der Waals surface area contributed by atoms with Crippen LogP contribution in [0, 0.1) is 25.2 Å². The van der Waals surface area contributed by atoms with Crippen molar-refractivity contribution in [2.75, 3.05) is 0 Å². The highest BCUT2D eigenvalue weighted by Crippen LogP contribution is 2.33. The fourth-order valence-corrected chi connectivity index (χ4v) is 2.93. The number of benzene rings is 2. The molecular weight excluding hydrogens is 284 g/mol. The molecule has 1 heterocycles. The van der Waals surface area contributed by atoms with Crippen molar-refractivity contribution >= 4 is 16.7 Å². The van der Waals surface area contributed by atoms with Crippen LogP contribution in [-0.2, 0) is 0 Å². The fourth-order valence-electron chi connectivity index (χ4n) is 2.93. The van der Waals surface area contributed by atoms with E-state index >= 15 is 0 Å². The number of aromatic nitrogens is 1. The predicted molar refractivity (Wildman–Crippen MR) is 91.4 cm³/mol. The van der Waals surface area contributed by atoms with Gasteiger partial charge in [-0.15, -0.1) is 0 Å².